The largest absolute Gasteiger partial charge is 0.467 e. The molecule has 1 saturated carbocycles. The van der Waals surface area contributed by atoms with E-state index in [-0.39, 0.29) is 0 Å². The highest BCUT2D eigenvalue weighted by Crippen LogP contribution is 2.35. The summed E-state index contributed by atoms with van der Waals surface area (Å²) >= 11 is 0. The maximum absolute atomic E-state index is 5.63. The first-order valence-electron chi connectivity index (χ1n) is 6.58. The molecule has 1 aromatic rings. The number of hydrogen-bond acceptors (Lipinski definition) is 2. The summed E-state index contributed by atoms with van der Waals surface area (Å²) in [5.41, 5.74) is 1.29. The van der Waals surface area contributed by atoms with Crippen molar-refractivity contribution >= 4 is 0 Å². The predicted molar refractivity (Wildman–Crippen MR) is 66.4 cm³/mol. The maximum atomic E-state index is 5.63. The van der Waals surface area contributed by atoms with Crippen LogP contribution >= 0.6 is 0 Å². The molecule has 2 rings (SSSR count). The van der Waals surface area contributed by atoms with Crippen LogP contribution in [0.4, 0.5) is 0 Å². The second kappa shape index (κ2) is 5.53. The van der Waals surface area contributed by atoms with E-state index >= 15 is 0 Å². The van der Waals surface area contributed by atoms with Gasteiger partial charge in [-0.25, -0.2) is 0 Å². The fourth-order valence-corrected chi connectivity index (χ4v) is 2.40. The van der Waals surface area contributed by atoms with E-state index in [0.29, 0.717) is 6.04 Å². The van der Waals surface area contributed by atoms with E-state index in [1.807, 2.05) is 6.26 Å². The summed E-state index contributed by atoms with van der Waals surface area (Å²) in [5.74, 6) is 2.07. The van der Waals surface area contributed by atoms with Crippen molar-refractivity contribution in [2.75, 3.05) is 6.54 Å². The molecule has 0 saturated heterocycles. The monoisotopic (exact) mass is 221 g/mol. The summed E-state index contributed by atoms with van der Waals surface area (Å²) in [6.07, 6.45) is 8.47. The van der Waals surface area contributed by atoms with Crippen LogP contribution in [-0.2, 0) is 0 Å². The average molecular weight is 221 g/mol. The third kappa shape index (κ3) is 2.67. The quantitative estimate of drug-likeness (QED) is 0.790. The Labute approximate surface area is 98.4 Å². The zero-order valence-corrected chi connectivity index (χ0v) is 10.5. The summed E-state index contributed by atoms with van der Waals surface area (Å²) < 4.78 is 5.63. The summed E-state index contributed by atoms with van der Waals surface area (Å²) in [5, 5.41) is 3.62. The molecule has 1 heterocycles. The Kier molecular flexibility index (Phi) is 4.05. The van der Waals surface area contributed by atoms with Crippen molar-refractivity contribution in [3.63, 3.8) is 0 Å². The van der Waals surface area contributed by atoms with Crippen molar-refractivity contribution in [1.29, 1.82) is 0 Å². The summed E-state index contributed by atoms with van der Waals surface area (Å²) in [6, 6.07) is 2.50. The fourth-order valence-electron chi connectivity index (χ4n) is 2.40. The lowest BCUT2D eigenvalue weighted by Gasteiger charge is -2.29. The molecule has 0 bridgehead atoms. The van der Waals surface area contributed by atoms with Gasteiger partial charge in [0.15, 0.2) is 0 Å². The Hall–Kier alpha value is -0.760. The minimum Gasteiger partial charge on any atom is -0.467 e. The molecule has 1 N–H and O–H groups in total. The lowest BCUT2D eigenvalue weighted by Crippen LogP contribution is -2.26. The van der Waals surface area contributed by atoms with Crippen molar-refractivity contribution in [3.05, 3.63) is 23.7 Å². The minimum absolute atomic E-state index is 0.431. The molecule has 1 aliphatic carbocycles. The van der Waals surface area contributed by atoms with Crippen LogP contribution in [-0.4, -0.2) is 6.54 Å². The van der Waals surface area contributed by atoms with Gasteiger partial charge in [0, 0.05) is 0 Å². The van der Waals surface area contributed by atoms with Crippen LogP contribution < -0.4 is 5.32 Å². The van der Waals surface area contributed by atoms with Gasteiger partial charge in [-0.2, -0.15) is 0 Å². The van der Waals surface area contributed by atoms with Gasteiger partial charge in [-0.1, -0.05) is 26.2 Å². The van der Waals surface area contributed by atoms with Crippen LogP contribution in [0.2, 0.25) is 0 Å². The van der Waals surface area contributed by atoms with Crippen molar-refractivity contribution in [2.24, 2.45) is 5.92 Å². The Balaban J connectivity index is 1.98. The van der Waals surface area contributed by atoms with Gasteiger partial charge in [0.2, 0.25) is 0 Å². The summed E-state index contributed by atoms with van der Waals surface area (Å²) in [4.78, 5) is 0. The van der Waals surface area contributed by atoms with Gasteiger partial charge < -0.3 is 9.73 Å². The molecule has 90 valence electrons. The van der Waals surface area contributed by atoms with E-state index < -0.39 is 0 Å². The first kappa shape index (κ1) is 11.7. The van der Waals surface area contributed by atoms with Gasteiger partial charge in [-0.3, -0.25) is 0 Å². The maximum Gasteiger partial charge on any atom is 0.123 e. The molecule has 0 amide bonds. The molecule has 0 aliphatic heterocycles. The normalized spacial score (nSPS) is 18.4. The van der Waals surface area contributed by atoms with Gasteiger partial charge in [-0.05, 0) is 43.9 Å². The zero-order chi connectivity index (χ0) is 11.4. The van der Waals surface area contributed by atoms with E-state index in [0.717, 1.165) is 18.2 Å². The molecule has 0 spiro atoms. The van der Waals surface area contributed by atoms with E-state index in [1.165, 1.54) is 37.7 Å². The van der Waals surface area contributed by atoms with Crippen LogP contribution in [0.15, 0.2) is 16.7 Å². The van der Waals surface area contributed by atoms with E-state index in [4.69, 9.17) is 4.42 Å². The SMILES string of the molecule is CCCNC(CC1CCC1)c1occc1C. The van der Waals surface area contributed by atoms with Crippen molar-refractivity contribution in [3.8, 4) is 0 Å². The van der Waals surface area contributed by atoms with Crippen LogP contribution in [0, 0.1) is 12.8 Å². The van der Waals surface area contributed by atoms with Gasteiger partial charge in [0.05, 0.1) is 12.3 Å². The van der Waals surface area contributed by atoms with Crippen LogP contribution in [0.1, 0.15) is 56.4 Å². The number of rotatable bonds is 6. The molecule has 0 radical (unpaired) electrons. The molecule has 16 heavy (non-hydrogen) atoms. The van der Waals surface area contributed by atoms with Crippen molar-refractivity contribution in [1.82, 2.24) is 5.32 Å². The van der Waals surface area contributed by atoms with Gasteiger partial charge in [-0.15, -0.1) is 0 Å². The highest BCUT2D eigenvalue weighted by Gasteiger charge is 2.25. The first-order chi connectivity index (χ1) is 7.81. The molecule has 0 aromatic carbocycles. The predicted octanol–water partition coefficient (Wildman–Crippen LogP) is 3.82. The molecular weight excluding hydrogens is 198 g/mol. The van der Waals surface area contributed by atoms with Crippen LogP contribution in [0.3, 0.4) is 0 Å². The standard InChI is InChI=1S/C14H23NO/c1-3-8-15-13(10-12-5-4-6-12)14-11(2)7-9-16-14/h7,9,12-13,15H,3-6,8,10H2,1-2H3. The van der Waals surface area contributed by atoms with Gasteiger partial charge in [0.1, 0.15) is 5.76 Å². The average Bonchev–Trinajstić information content (AvgIpc) is 2.62. The Morgan fingerprint density at radius 2 is 2.31 bits per heavy atom. The molecule has 1 aliphatic rings. The minimum atomic E-state index is 0.431. The summed E-state index contributed by atoms with van der Waals surface area (Å²) in [7, 11) is 0. The van der Waals surface area contributed by atoms with Crippen LogP contribution in [0.25, 0.3) is 0 Å². The summed E-state index contributed by atoms with van der Waals surface area (Å²) in [6.45, 7) is 5.43. The van der Waals surface area contributed by atoms with Gasteiger partial charge >= 0.3 is 0 Å². The molecule has 1 fully saturated rings. The Bertz CT molecular complexity index is 314. The van der Waals surface area contributed by atoms with Crippen molar-refractivity contribution in [2.45, 2.75) is 52.0 Å². The number of hydrogen-bond donors (Lipinski definition) is 1. The highest BCUT2D eigenvalue weighted by atomic mass is 16.3. The molecule has 2 heteroatoms. The fraction of sp³-hybridized carbons (Fsp3) is 0.714. The third-order valence-corrected chi connectivity index (χ3v) is 3.65. The molecule has 1 aromatic heterocycles. The lowest BCUT2D eigenvalue weighted by molar-refractivity contribution is 0.246. The Morgan fingerprint density at radius 1 is 1.50 bits per heavy atom. The molecule has 1 atom stereocenters. The number of nitrogens with one attached hydrogen (secondary N) is 1. The highest BCUT2D eigenvalue weighted by molar-refractivity contribution is 5.18. The smallest absolute Gasteiger partial charge is 0.123 e. The topological polar surface area (TPSA) is 25.2 Å². The van der Waals surface area contributed by atoms with Crippen LogP contribution in [0.5, 0.6) is 0 Å². The van der Waals surface area contributed by atoms with E-state index in [1.54, 1.807) is 0 Å². The van der Waals surface area contributed by atoms with Gasteiger partial charge in [0.25, 0.3) is 0 Å². The van der Waals surface area contributed by atoms with E-state index in [2.05, 4.69) is 25.2 Å². The third-order valence-electron chi connectivity index (χ3n) is 3.65. The second-order valence-corrected chi connectivity index (χ2v) is 5.01. The molecular formula is C14H23NO. The second-order valence-electron chi connectivity index (χ2n) is 5.01. The first-order valence-corrected chi connectivity index (χ1v) is 6.58. The number of aryl methyl sites for hydroxylation is 1. The van der Waals surface area contributed by atoms with E-state index in [9.17, 15) is 0 Å². The molecule has 1 unspecified atom stereocenters. The lowest BCUT2D eigenvalue weighted by atomic mass is 9.80. The zero-order valence-electron chi connectivity index (χ0n) is 10.5. The molecule has 2 nitrogen and oxygen atoms in total. The van der Waals surface area contributed by atoms with Crippen molar-refractivity contribution < 1.29 is 4.42 Å². The number of furan rings is 1. The Morgan fingerprint density at radius 3 is 2.81 bits per heavy atom.